The van der Waals surface area contributed by atoms with E-state index in [-0.39, 0.29) is 15.7 Å². The van der Waals surface area contributed by atoms with Gasteiger partial charge < -0.3 is 0 Å². The number of alkyl halides is 3. The van der Waals surface area contributed by atoms with E-state index >= 15 is 0 Å². The number of benzene rings is 13. The lowest BCUT2D eigenvalue weighted by Crippen LogP contribution is -2.20. The van der Waals surface area contributed by atoms with E-state index < -0.39 is 43.4 Å². The molecule has 0 aliphatic heterocycles. The van der Waals surface area contributed by atoms with Gasteiger partial charge in [-0.2, -0.15) is 18.3 Å². The predicted octanol–water partition coefficient (Wildman–Crippen LogP) is 18.9. The summed E-state index contributed by atoms with van der Waals surface area (Å²) in [5.74, 6) is 0. The summed E-state index contributed by atoms with van der Waals surface area (Å²) in [6, 6.07) is 131. The Morgan fingerprint density at radius 3 is 0.615 bits per heavy atom. The Labute approximate surface area is 578 Å². The summed E-state index contributed by atoms with van der Waals surface area (Å²) < 4.78 is 39.3. The van der Waals surface area contributed by atoms with Gasteiger partial charge in [0, 0.05) is 11.8 Å². The Hall–Kier alpha value is -9.10. The first kappa shape index (κ1) is 69.7. The van der Waals surface area contributed by atoms with Crippen molar-refractivity contribution in [3.63, 3.8) is 0 Å². The van der Waals surface area contributed by atoms with Crippen LogP contribution in [0, 0.1) is 6.92 Å². The molecular weight excluding hydrogens is 1300 g/mol. The molecule has 0 radical (unpaired) electrons. The number of rotatable bonds is 14. The van der Waals surface area contributed by atoms with Crippen LogP contribution in [0.4, 0.5) is 13.2 Å². The van der Waals surface area contributed by atoms with Gasteiger partial charge in [-0.3, -0.25) is 0 Å². The first-order valence-corrected chi connectivity index (χ1v) is 37.2. The van der Waals surface area contributed by atoms with E-state index in [0.29, 0.717) is 5.69 Å². The normalized spacial score (nSPS) is 10.8. The molecule has 1 heterocycles. The Morgan fingerprint density at radius 2 is 0.479 bits per heavy atom. The highest BCUT2D eigenvalue weighted by atomic mass is 35.5. The van der Waals surface area contributed by atoms with E-state index in [9.17, 15) is 13.2 Å². The molecule has 0 saturated heterocycles. The molecule has 0 amide bonds. The van der Waals surface area contributed by atoms with Crippen molar-refractivity contribution in [1.82, 2.24) is 9.78 Å². The summed E-state index contributed by atoms with van der Waals surface area (Å²) in [6.07, 6.45) is -1.31. The van der Waals surface area contributed by atoms with Crippen LogP contribution in [0.15, 0.2) is 389 Å². The van der Waals surface area contributed by atoms with E-state index in [1.807, 2.05) is 0 Å². The van der Waals surface area contributed by atoms with Crippen molar-refractivity contribution in [1.29, 1.82) is 0 Å². The van der Waals surface area contributed by atoms with Gasteiger partial charge in [-0.25, -0.2) is 4.68 Å². The maximum absolute atomic E-state index is 12.7. The van der Waals surface area contributed by atoms with Crippen molar-refractivity contribution >= 4 is 125 Å². The van der Waals surface area contributed by atoms with Gasteiger partial charge in [0.1, 0.15) is 5.69 Å². The standard InChI is InChI=1S/4C18H15P.C13H9Cl2F3N2/c4*1-4-10-16(11-5-1)19(17-12-6-2-7-13-17)18-14-8-3-9-15-18;1-3-8-6-20(19-7(8)2)12-10(14)4-9(5-11(12)15)13(16,17)18/h4*1-15H;3-6H,1H2,2H3. The lowest BCUT2D eigenvalue weighted by atomic mass is 10.2. The van der Waals surface area contributed by atoms with E-state index in [1.165, 1.54) is 68.3 Å². The van der Waals surface area contributed by atoms with Gasteiger partial charge in [-0.15, -0.1) is 0 Å². The van der Waals surface area contributed by atoms with Crippen molar-refractivity contribution in [2.24, 2.45) is 0 Å². The van der Waals surface area contributed by atoms with Crippen molar-refractivity contribution in [3.05, 3.63) is 416 Å². The molecule has 1 aromatic heterocycles. The van der Waals surface area contributed by atoms with E-state index in [4.69, 9.17) is 23.2 Å². The highest BCUT2D eigenvalue weighted by Gasteiger charge is 2.32. The molecule has 0 aliphatic carbocycles. The van der Waals surface area contributed by atoms with Crippen molar-refractivity contribution < 1.29 is 13.2 Å². The zero-order valence-electron chi connectivity index (χ0n) is 52.7. The van der Waals surface area contributed by atoms with Crippen molar-refractivity contribution in [2.45, 2.75) is 13.1 Å². The summed E-state index contributed by atoms with van der Waals surface area (Å²) in [5, 5.41) is 20.7. The summed E-state index contributed by atoms with van der Waals surface area (Å²) in [6.45, 7) is 5.37. The molecule has 0 atom stereocenters. The van der Waals surface area contributed by atoms with Gasteiger partial charge in [0.25, 0.3) is 0 Å². The van der Waals surface area contributed by atoms with E-state index in [2.05, 4.69) is 376 Å². The molecule has 2 nitrogen and oxygen atoms in total. The molecule has 0 unspecified atom stereocenters. The summed E-state index contributed by atoms with van der Waals surface area (Å²) in [5.41, 5.74) is 0.727. The quantitative estimate of drug-likeness (QED) is 0.0992. The number of nitrogens with zero attached hydrogens (tertiary/aromatic N) is 2. The average Bonchev–Trinajstić information content (AvgIpc) is 1.59. The molecule has 0 spiro atoms. The van der Waals surface area contributed by atoms with Gasteiger partial charge in [-0.05, 0) is 114 Å². The van der Waals surface area contributed by atoms with Crippen molar-refractivity contribution in [2.75, 3.05) is 0 Å². The Kier molecular flexibility index (Phi) is 26.2. The number of hydrogen-bond acceptors (Lipinski definition) is 1. The molecule has 0 aliphatic rings. The van der Waals surface area contributed by atoms with E-state index in [1.54, 1.807) is 19.2 Å². The minimum atomic E-state index is -4.50. The molecular formula is C85H69Cl2F3N2P4. The Bertz CT molecular complexity index is 3670. The monoisotopic (exact) mass is 1370 g/mol. The molecule has 0 fully saturated rings. The molecule has 11 heteroatoms. The van der Waals surface area contributed by atoms with Crippen LogP contribution >= 0.6 is 54.9 Å². The second-order valence-corrected chi connectivity index (χ2v) is 31.2. The van der Waals surface area contributed by atoms with E-state index in [0.717, 1.165) is 17.7 Å². The van der Waals surface area contributed by atoms with Crippen LogP contribution in [0.25, 0.3) is 11.8 Å². The SMILES string of the molecule is C=Cc1cn(-c2c(Cl)cc(C(F)(F)F)cc2Cl)nc1C.c1ccc(P(c2ccccc2)c2ccccc2)cc1.c1ccc(P(c2ccccc2)c2ccccc2)cc1.c1ccc(P(c2ccccc2)c2ccccc2)cc1.c1ccc(P(c2ccccc2)c2ccccc2)cc1. The fraction of sp³-hybridized carbons (Fsp3) is 0.0235. The lowest BCUT2D eigenvalue weighted by Gasteiger charge is -2.18. The maximum atomic E-state index is 12.7. The number of aromatic nitrogens is 2. The second-order valence-electron chi connectivity index (χ2n) is 21.5. The second kappa shape index (κ2) is 36.1. The average molecular weight is 1370 g/mol. The largest absolute Gasteiger partial charge is 0.416 e. The molecule has 474 valence electrons. The Balaban J connectivity index is 0.000000131. The number of aryl methyl sites for hydroxylation is 1. The van der Waals surface area contributed by atoms with Crippen LogP contribution < -0.4 is 63.7 Å². The van der Waals surface area contributed by atoms with Crippen LogP contribution in [0.1, 0.15) is 16.8 Å². The fourth-order valence-corrected chi connectivity index (χ4v) is 20.3. The summed E-state index contributed by atoms with van der Waals surface area (Å²) in [4.78, 5) is 0. The van der Waals surface area contributed by atoms with Crippen LogP contribution in [0.3, 0.4) is 0 Å². The minimum absolute atomic E-state index is 0.122. The molecule has 0 saturated carbocycles. The zero-order chi connectivity index (χ0) is 66.7. The first-order chi connectivity index (χ1) is 47.0. The van der Waals surface area contributed by atoms with Crippen LogP contribution in [-0.2, 0) is 6.18 Å². The van der Waals surface area contributed by atoms with Crippen LogP contribution in [0.5, 0.6) is 0 Å². The molecule has 14 rings (SSSR count). The van der Waals surface area contributed by atoms with Crippen molar-refractivity contribution in [3.8, 4) is 5.69 Å². The lowest BCUT2D eigenvalue weighted by molar-refractivity contribution is -0.137. The molecule has 14 aromatic rings. The highest BCUT2D eigenvalue weighted by Crippen LogP contribution is 2.39. The Morgan fingerprint density at radius 1 is 0.312 bits per heavy atom. The molecule has 0 bridgehead atoms. The third kappa shape index (κ3) is 19.5. The summed E-state index contributed by atoms with van der Waals surface area (Å²) >= 11 is 11.8. The van der Waals surface area contributed by atoms with Gasteiger partial charge >= 0.3 is 6.18 Å². The highest BCUT2D eigenvalue weighted by molar-refractivity contribution is 7.81. The smallest absolute Gasteiger partial charge is 0.237 e. The molecule has 0 N–H and O–H groups in total. The summed E-state index contributed by atoms with van der Waals surface area (Å²) in [7, 11) is -1.78. The van der Waals surface area contributed by atoms with Gasteiger partial charge in [0.15, 0.2) is 0 Å². The topological polar surface area (TPSA) is 17.8 Å². The third-order valence-corrected chi connectivity index (χ3v) is 25.3. The fourth-order valence-electron chi connectivity index (χ4n) is 10.5. The van der Waals surface area contributed by atoms with Crippen LogP contribution in [0.2, 0.25) is 10.0 Å². The zero-order valence-corrected chi connectivity index (χ0v) is 57.8. The minimum Gasteiger partial charge on any atom is -0.237 e. The first-order valence-electron chi connectivity index (χ1n) is 31.1. The van der Waals surface area contributed by atoms with Crippen LogP contribution in [-0.4, -0.2) is 9.78 Å². The maximum Gasteiger partial charge on any atom is 0.416 e. The van der Waals surface area contributed by atoms with Gasteiger partial charge in [0.2, 0.25) is 0 Å². The van der Waals surface area contributed by atoms with Gasteiger partial charge in [-0.1, -0.05) is 400 Å². The number of halogens is 5. The third-order valence-electron chi connectivity index (χ3n) is 14.9. The van der Waals surface area contributed by atoms with Gasteiger partial charge in [0.05, 0.1) is 21.3 Å². The molecule has 13 aromatic carbocycles. The predicted molar refractivity (Wildman–Crippen MR) is 414 cm³/mol. The molecule has 96 heavy (non-hydrogen) atoms. The number of hydrogen-bond donors (Lipinski definition) is 0.